The van der Waals surface area contributed by atoms with Gasteiger partial charge in [0.2, 0.25) is 5.91 Å². The highest BCUT2D eigenvalue weighted by Gasteiger charge is 2.45. The van der Waals surface area contributed by atoms with Crippen LogP contribution in [0.1, 0.15) is 34.1 Å². The number of rotatable bonds is 4. The molecule has 0 unspecified atom stereocenters. The number of benzene rings is 1. The van der Waals surface area contributed by atoms with Crippen molar-refractivity contribution >= 4 is 35.3 Å². The predicted molar refractivity (Wildman–Crippen MR) is 149 cm³/mol. The molecule has 0 aliphatic carbocycles. The van der Waals surface area contributed by atoms with E-state index >= 15 is 0 Å². The second kappa shape index (κ2) is 11.8. The molecule has 10 heteroatoms. The fraction of sp³-hybridized carbons (Fsp3) is 0.593. The summed E-state index contributed by atoms with van der Waals surface area (Å²) < 4.78 is 5.69. The highest BCUT2D eigenvalue weighted by atomic mass is 32.2. The lowest BCUT2D eigenvalue weighted by Crippen LogP contribution is -2.52. The van der Waals surface area contributed by atoms with Gasteiger partial charge in [-0.15, -0.1) is 11.8 Å². The summed E-state index contributed by atoms with van der Waals surface area (Å²) in [6.07, 6.45) is 2.02. The Kier molecular flexibility index (Phi) is 8.69. The monoisotopic (exact) mass is 527 g/mol. The Hall–Kier alpha value is -2.72. The molecule has 2 atom stereocenters. The summed E-state index contributed by atoms with van der Waals surface area (Å²) in [5.74, 6) is 2.45. The Balaban J connectivity index is 1.45. The predicted octanol–water partition coefficient (Wildman–Crippen LogP) is 4.20. The quantitative estimate of drug-likeness (QED) is 0.430. The summed E-state index contributed by atoms with van der Waals surface area (Å²) in [4.78, 5) is 39.4. The molecule has 0 saturated carbocycles. The van der Waals surface area contributed by atoms with Gasteiger partial charge in [0.05, 0.1) is 11.6 Å². The molecule has 4 rings (SSSR count). The van der Waals surface area contributed by atoms with Crippen LogP contribution in [0, 0.1) is 0 Å². The maximum absolute atomic E-state index is 13.4. The van der Waals surface area contributed by atoms with Crippen LogP contribution >= 0.6 is 11.8 Å². The van der Waals surface area contributed by atoms with Crippen molar-refractivity contribution < 1.29 is 14.3 Å². The lowest BCUT2D eigenvalue weighted by molar-refractivity contribution is -0.134. The molecule has 0 bridgehead atoms. The summed E-state index contributed by atoms with van der Waals surface area (Å²) in [6.45, 7) is 11.7. The van der Waals surface area contributed by atoms with Gasteiger partial charge in [0.1, 0.15) is 17.5 Å². The fourth-order valence-electron chi connectivity index (χ4n) is 4.97. The molecule has 9 nitrogen and oxygen atoms in total. The second-order valence-electron chi connectivity index (χ2n) is 10.8. The highest BCUT2D eigenvalue weighted by Crippen LogP contribution is 2.29. The molecule has 3 saturated heterocycles. The molecule has 1 N–H and O–H groups in total. The first-order valence-electron chi connectivity index (χ1n) is 13.0. The number of ether oxygens (including phenoxy) is 1. The number of hydrogen-bond acceptors (Lipinski definition) is 6. The van der Waals surface area contributed by atoms with Crippen LogP contribution in [0.15, 0.2) is 47.1 Å². The van der Waals surface area contributed by atoms with E-state index in [1.54, 1.807) is 23.6 Å². The van der Waals surface area contributed by atoms with E-state index in [4.69, 9.17) is 15.5 Å². The Morgan fingerprint density at radius 3 is 2.38 bits per heavy atom. The van der Waals surface area contributed by atoms with Crippen molar-refractivity contribution in [2.75, 3.05) is 50.9 Å². The zero-order valence-electron chi connectivity index (χ0n) is 22.4. The third-order valence-corrected chi connectivity index (χ3v) is 7.72. The van der Waals surface area contributed by atoms with E-state index < -0.39 is 17.7 Å². The van der Waals surface area contributed by atoms with Crippen LogP contribution in [-0.4, -0.2) is 106 Å². The van der Waals surface area contributed by atoms with E-state index in [0.29, 0.717) is 24.5 Å². The van der Waals surface area contributed by atoms with Crippen molar-refractivity contribution in [2.24, 2.45) is 4.99 Å². The summed E-state index contributed by atoms with van der Waals surface area (Å²) in [5, 5.41) is 0. The lowest BCUT2D eigenvalue weighted by atomic mass is 10.1. The van der Waals surface area contributed by atoms with Gasteiger partial charge in [-0.3, -0.25) is 14.6 Å². The molecule has 3 heterocycles. The molecule has 0 aromatic heterocycles. The van der Waals surface area contributed by atoms with E-state index in [2.05, 4.69) is 9.80 Å². The van der Waals surface area contributed by atoms with Crippen LogP contribution < -0.4 is 0 Å². The number of nitrogens with one attached hydrogen (secondary N) is 1. The molecule has 0 radical (unpaired) electrons. The standard InChI is InChI=1S/C27H39N6O3S/c1-20(28)16-24(29-21-8-6-5-7-9-21)31-12-10-30(11-13-31)22-17-23(25(34)32-14-15-37-19-32)33(18-22)26(35)36-27(2,3)4/h5-9,16,22-23H,10-15,17-19H2,1-4H3,(H-,28,29)/q-1/t22-,23-/m0/s1. The van der Waals surface area contributed by atoms with Gasteiger partial charge in [-0.05, 0) is 45.4 Å². The topological polar surface area (TPSA) is 92.5 Å². The van der Waals surface area contributed by atoms with Crippen molar-refractivity contribution in [3.8, 4) is 0 Å². The Bertz CT molecular complexity index is 1010. The van der Waals surface area contributed by atoms with Crippen LogP contribution in [0.5, 0.6) is 0 Å². The molecule has 3 fully saturated rings. The molecular formula is C27H39N6O3S-. The number of thioether (sulfide) groups is 1. The van der Waals surface area contributed by atoms with E-state index in [-0.39, 0.29) is 11.9 Å². The summed E-state index contributed by atoms with van der Waals surface area (Å²) in [5.41, 5.74) is 8.69. The first-order chi connectivity index (χ1) is 17.6. The summed E-state index contributed by atoms with van der Waals surface area (Å²) >= 11 is 1.75. The molecule has 37 heavy (non-hydrogen) atoms. The normalized spacial score (nSPS) is 24.1. The SMILES string of the molecule is C/C([NH-])=C/C(=Nc1ccccc1)N1CCN([C@H]2C[C@@H](C(=O)N3CCSC3)N(C(=O)OC(C)(C)C)C2)CC1. The molecule has 3 aliphatic rings. The van der Waals surface area contributed by atoms with E-state index in [1.807, 2.05) is 62.1 Å². The number of amidine groups is 1. The summed E-state index contributed by atoms with van der Waals surface area (Å²) in [6, 6.07) is 9.42. The number of piperazine rings is 1. The first kappa shape index (κ1) is 27.3. The van der Waals surface area contributed by atoms with Crippen molar-refractivity contribution in [3.05, 3.63) is 47.8 Å². The minimum atomic E-state index is -0.615. The number of amides is 2. The first-order valence-corrected chi connectivity index (χ1v) is 14.1. The van der Waals surface area contributed by atoms with Crippen LogP contribution in [0.4, 0.5) is 10.5 Å². The fourth-order valence-corrected chi connectivity index (χ4v) is 5.93. The second-order valence-corrected chi connectivity index (χ2v) is 11.9. The zero-order chi connectivity index (χ0) is 26.6. The lowest BCUT2D eigenvalue weighted by Gasteiger charge is -2.39. The van der Waals surface area contributed by atoms with Gasteiger partial charge in [0.15, 0.2) is 0 Å². The molecule has 202 valence electrons. The number of carbonyl (C=O) groups is 2. The number of carbonyl (C=O) groups excluding carboxylic acids is 2. The molecule has 0 spiro atoms. The Morgan fingerprint density at radius 2 is 1.78 bits per heavy atom. The van der Waals surface area contributed by atoms with Gasteiger partial charge in [-0.1, -0.05) is 25.1 Å². The zero-order valence-corrected chi connectivity index (χ0v) is 23.2. The van der Waals surface area contributed by atoms with Gasteiger partial charge in [-0.2, -0.15) is 5.70 Å². The minimum absolute atomic E-state index is 0.0327. The Labute approximate surface area is 224 Å². The van der Waals surface area contributed by atoms with Gasteiger partial charge in [-0.25, -0.2) is 9.79 Å². The molecular weight excluding hydrogens is 488 g/mol. The number of hydrogen-bond donors (Lipinski definition) is 0. The van der Waals surface area contributed by atoms with Crippen LogP contribution in [0.2, 0.25) is 0 Å². The molecule has 1 aromatic rings. The number of para-hydroxylation sites is 1. The van der Waals surface area contributed by atoms with Crippen LogP contribution in [0.3, 0.4) is 0 Å². The van der Waals surface area contributed by atoms with Gasteiger partial charge in [0, 0.05) is 51.1 Å². The van der Waals surface area contributed by atoms with Crippen molar-refractivity contribution in [1.29, 1.82) is 0 Å². The summed E-state index contributed by atoms with van der Waals surface area (Å²) in [7, 11) is 0. The van der Waals surface area contributed by atoms with Gasteiger partial charge in [0.25, 0.3) is 0 Å². The van der Waals surface area contributed by atoms with E-state index in [9.17, 15) is 9.59 Å². The average molecular weight is 528 g/mol. The number of aliphatic imine (C=N–C) groups is 1. The van der Waals surface area contributed by atoms with Crippen molar-refractivity contribution in [1.82, 2.24) is 19.6 Å². The maximum atomic E-state index is 13.4. The van der Waals surface area contributed by atoms with E-state index in [1.165, 1.54) is 0 Å². The van der Waals surface area contributed by atoms with E-state index in [0.717, 1.165) is 50.0 Å². The van der Waals surface area contributed by atoms with Crippen molar-refractivity contribution in [2.45, 2.75) is 51.8 Å². The highest BCUT2D eigenvalue weighted by molar-refractivity contribution is 7.99. The number of nitrogens with zero attached hydrogens (tertiary/aromatic N) is 5. The molecule has 3 aliphatic heterocycles. The number of allylic oxidation sites excluding steroid dienone is 1. The maximum Gasteiger partial charge on any atom is 0.411 e. The van der Waals surface area contributed by atoms with Crippen LogP contribution in [-0.2, 0) is 9.53 Å². The average Bonchev–Trinajstić information content (AvgIpc) is 3.54. The Morgan fingerprint density at radius 1 is 1.08 bits per heavy atom. The van der Waals surface area contributed by atoms with Gasteiger partial charge < -0.3 is 20.3 Å². The number of likely N-dealkylation sites (tertiary alicyclic amines) is 1. The van der Waals surface area contributed by atoms with Crippen LogP contribution in [0.25, 0.3) is 5.73 Å². The smallest absolute Gasteiger partial charge is 0.411 e. The largest absolute Gasteiger partial charge is 0.702 e. The third kappa shape index (κ3) is 7.19. The molecule has 1 aromatic carbocycles. The molecule has 2 amide bonds. The minimum Gasteiger partial charge on any atom is -0.702 e. The van der Waals surface area contributed by atoms with Crippen molar-refractivity contribution in [3.63, 3.8) is 0 Å². The van der Waals surface area contributed by atoms with Gasteiger partial charge >= 0.3 is 6.09 Å². The third-order valence-electron chi connectivity index (χ3n) is 6.76.